The molecule has 0 bridgehead atoms. The van der Waals surface area contributed by atoms with Crippen LogP contribution in [0.5, 0.6) is 0 Å². The number of hydrogen-bond acceptors (Lipinski definition) is 3. The van der Waals surface area contributed by atoms with Gasteiger partial charge in [-0.15, -0.1) is 0 Å². The maximum absolute atomic E-state index is 13.1. The Labute approximate surface area is 242 Å². The van der Waals surface area contributed by atoms with E-state index in [0.29, 0.717) is 17.7 Å². The molecule has 5 rings (SSSR count). The summed E-state index contributed by atoms with van der Waals surface area (Å²) in [6.07, 6.45) is -3.64. The van der Waals surface area contributed by atoms with Gasteiger partial charge >= 0.3 is 6.18 Å². The highest BCUT2D eigenvalue weighted by atomic mass is 19.4. The zero-order chi connectivity index (χ0) is 30.0. The number of hydrogen-bond donors (Lipinski definition) is 1. The van der Waals surface area contributed by atoms with E-state index in [0.717, 1.165) is 62.8 Å². The minimum Gasteiger partial charge on any atom is -0.340 e. The molecule has 0 aliphatic carbocycles. The largest absolute Gasteiger partial charge is 0.416 e. The van der Waals surface area contributed by atoms with Crippen LogP contribution in [-0.4, -0.2) is 16.6 Å². The van der Waals surface area contributed by atoms with Gasteiger partial charge in [0, 0.05) is 35.2 Å². The molecule has 0 saturated carbocycles. The average Bonchev–Trinajstić information content (AvgIpc) is 3.22. The Morgan fingerprint density at radius 3 is 2.33 bits per heavy atom. The number of nitrogens with one attached hydrogen (secondary N) is 1. The Bertz CT molecular complexity index is 1770. The predicted molar refractivity (Wildman–Crippen MR) is 159 cm³/mol. The predicted octanol–water partition coefficient (Wildman–Crippen LogP) is 8.22. The number of halogens is 3. The number of alkyl halides is 3. The fourth-order valence-corrected chi connectivity index (χ4v) is 5.41. The Hall–Kier alpha value is -4.49. The molecule has 1 atom stereocenters. The second-order valence-electron chi connectivity index (χ2n) is 10.6. The zero-order valence-corrected chi connectivity index (χ0v) is 23.6. The quantitative estimate of drug-likeness (QED) is 0.144. The number of aromatic nitrogens is 1. The van der Waals surface area contributed by atoms with Gasteiger partial charge in [-0.1, -0.05) is 72.8 Å². The molecular formula is C35H31F3N2O2. The second kappa shape index (κ2) is 11.8. The van der Waals surface area contributed by atoms with Gasteiger partial charge < -0.3 is 9.36 Å². The summed E-state index contributed by atoms with van der Waals surface area (Å²) < 4.78 is 41.5. The minimum atomic E-state index is -4.42. The average molecular weight is 569 g/mol. The maximum Gasteiger partial charge on any atom is 0.416 e. The summed E-state index contributed by atoms with van der Waals surface area (Å²) in [5, 5.41) is 4.11. The summed E-state index contributed by atoms with van der Waals surface area (Å²) in [4.78, 5) is 24.1. The van der Waals surface area contributed by atoms with Crippen molar-refractivity contribution >= 4 is 23.0 Å². The molecule has 5 aromatic rings. The van der Waals surface area contributed by atoms with Gasteiger partial charge in [0.15, 0.2) is 5.78 Å². The lowest BCUT2D eigenvalue weighted by atomic mass is 9.97. The number of carbonyl (C=O) groups is 2. The highest BCUT2D eigenvalue weighted by Gasteiger charge is 2.30. The van der Waals surface area contributed by atoms with E-state index in [4.69, 9.17) is 0 Å². The van der Waals surface area contributed by atoms with Crippen LogP contribution in [-0.2, 0) is 24.1 Å². The van der Waals surface area contributed by atoms with Crippen molar-refractivity contribution in [3.05, 3.63) is 130 Å². The summed E-state index contributed by atoms with van der Waals surface area (Å²) >= 11 is 0. The summed E-state index contributed by atoms with van der Waals surface area (Å²) in [5.74, 6) is 0.0293. The first-order valence-electron chi connectivity index (χ1n) is 13.7. The molecular weight excluding hydrogens is 537 g/mol. The van der Waals surface area contributed by atoms with E-state index >= 15 is 0 Å². The fraction of sp³-hybridized carbons (Fsp3) is 0.200. The normalized spacial score (nSPS) is 12.4. The van der Waals surface area contributed by atoms with E-state index in [1.165, 1.54) is 6.07 Å². The van der Waals surface area contributed by atoms with E-state index in [1.54, 1.807) is 13.0 Å². The van der Waals surface area contributed by atoms with Gasteiger partial charge in [0.2, 0.25) is 0 Å². The van der Waals surface area contributed by atoms with Crippen molar-refractivity contribution < 1.29 is 22.8 Å². The van der Waals surface area contributed by atoms with Gasteiger partial charge in [0.25, 0.3) is 0 Å². The van der Waals surface area contributed by atoms with E-state index < -0.39 is 17.8 Å². The number of fused-ring (bicyclic) bond motifs is 1. The number of carbonyl (C=O) groups excluding carboxylic acids is 2. The Balaban J connectivity index is 1.37. The summed E-state index contributed by atoms with van der Waals surface area (Å²) in [7, 11) is 0. The van der Waals surface area contributed by atoms with Crippen molar-refractivity contribution in [2.45, 2.75) is 46.1 Å². The number of rotatable bonds is 9. The monoisotopic (exact) mass is 568 g/mol. The van der Waals surface area contributed by atoms with Gasteiger partial charge in [0.05, 0.1) is 11.6 Å². The number of aldehydes is 1. The summed E-state index contributed by atoms with van der Waals surface area (Å²) in [5.41, 5.74) is 7.42. The molecule has 42 heavy (non-hydrogen) atoms. The SMILES string of the molecule is CC(=O)c1ccccc1-c1ccc(Cn2c(C)c(C)c3cc(C(C=O)NCc4cccc(C(F)(F)F)c4)ccc32)cc1. The topological polar surface area (TPSA) is 51.1 Å². The lowest BCUT2D eigenvalue weighted by Crippen LogP contribution is -2.22. The van der Waals surface area contributed by atoms with Crippen molar-refractivity contribution in [2.75, 3.05) is 0 Å². The van der Waals surface area contributed by atoms with Gasteiger partial charge in [-0.2, -0.15) is 13.2 Å². The standard InChI is InChI=1S/C35H31F3N2O2/c1-22-23(2)40(20-25-11-13-27(14-12-25)31-10-5-4-9-30(31)24(3)42)34-16-15-28(18-32(22)34)33(21-41)39-19-26-7-6-8-29(17-26)35(36,37)38/h4-18,21,33,39H,19-20H2,1-3H3. The Morgan fingerprint density at radius 1 is 0.905 bits per heavy atom. The van der Waals surface area contributed by atoms with Crippen molar-refractivity contribution in [1.29, 1.82) is 0 Å². The van der Waals surface area contributed by atoms with Crippen LogP contribution < -0.4 is 5.32 Å². The number of benzene rings is 4. The van der Waals surface area contributed by atoms with Crippen molar-refractivity contribution in [2.24, 2.45) is 0 Å². The number of Topliss-reactive ketones (excluding diaryl/α,β-unsaturated/α-hetero) is 1. The lowest BCUT2D eigenvalue weighted by molar-refractivity contribution is -0.137. The maximum atomic E-state index is 13.1. The first kappa shape index (κ1) is 29.0. The molecule has 1 unspecified atom stereocenters. The van der Waals surface area contributed by atoms with Crippen LogP contribution in [0.3, 0.4) is 0 Å². The molecule has 0 aliphatic heterocycles. The van der Waals surface area contributed by atoms with E-state index in [2.05, 4.69) is 28.9 Å². The Morgan fingerprint density at radius 2 is 1.64 bits per heavy atom. The van der Waals surface area contributed by atoms with Gasteiger partial charge in [0.1, 0.15) is 6.29 Å². The molecule has 4 aromatic carbocycles. The molecule has 0 saturated heterocycles. The van der Waals surface area contributed by atoms with Gasteiger partial charge in [-0.05, 0) is 72.4 Å². The molecule has 4 nitrogen and oxygen atoms in total. The molecule has 214 valence electrons. The number of nitrogens with zero attached hydrogens (tertiary/aromatic N) is 1. The molecule has 0 spiro atoms. The van der Waals surface area contributed by atoms with Crippen LogP contribution >= 0.6 is 0 Å². The first-order chi connectivity index (χ1) is 20.1. The number of aryl methyl sites for hydroxylation is 1. The number of ketones is 1. The zero-order valence-electron chi connectivity index (χ0n) is 23.6. The minimum absolute atomic E-state index is 0.0293. The van der Waals surface area contributed by atoms with Crippen LogP contribution in [0.15, 0.2) is 91.0 Å². The molecule has 7 heteroatoms. The third-order valence-electron chi connectivity index (χ3n) is 7.85. The van der Waals surface area contributed by atoms with E-state index in [-0.39, 0.29) is 12.3 Å². The molecule has 0 fully saturated rings. The first-order valence-corrected chi connectivity index (χ1v) is 13.7. The van der Waals surface area contributed by atoms with Crippen molar-refractivity contribution in [3.63, 3.8) is 0 Å². The fourth-order valence-electron chi connectivity index (χ4n) is 5.41. The Kier molecular flexibility index (Phi) is 8.14. The van der Waals surface area contributed by atoms with Gasteiger partial charge in [-0.25, -0.2) is 0 Å². The highest BCUT2D eigenvalue weighted by molar-refractivity contribution is 6.00. The van der Waals surface area contributed by atoms with Crippen molar-refractivity contribution in [1.82, 2.24) is 9.88 Å². The third kappa shape index (κ3) is 5.92. The van der Waals surface area contributed by atoms with Crippen LogP contribution in [0, 0.1) is 13.8 Å². The van der Waals surface area contributed by atoms with Crippen LogP contribution in [0.25, 0.3) is 22.0 Å². The van der Waals surface area contributed by atoms with Crippen LogP contribution in [0.2, 0.25) is 0 Å². The smallest absolute Gasteiger partial charge is 0.340 e. The van der Waals surface area contributed by atoms with Gasteiger partial charge in [-0.3, -0.25) is 10.1 Å². The van der Waals surface area contributed by atoms with Crippen LogP contribution in [0.1, 0.15) is 56.8 Å². The van der Waals surface area contributed by atoms with Crippen LogP contribution in [0.4, 0.5) is 13.2 Å². The van der Waals surface area contributed by atoms with E-state index in [9.17, 15) is 22.8 Å². The molecule has 1 heterocycles. The molecule has 1 N–H and O–H groups in total. The molecule has 0 amide bonds. The lowest BCUT2D eigenvalue weighted by Gasteiger charge is -2.15. The summed E-state index contributed by atoms with van der Waals surface area (Å²) in [6.45, 7) is 6.46. The molecule has 0 radical (unpaired) electrons. The van der Waals surface area contributed by atoms with Crippen molar-refractivity contribution in [3.8, 4) is 11.1 Å². The van der Waals surface area contributed by atoms with E-state index in [1.807, 2.05) is 61.5 Å². The third-order valence-corrected chi connectivity index (χ3v) is 7.85. The molecule has 0 aliphatic rings. The second-order valence-corrected chi connectivity index (χ2v) is 10.6. The highest BCUT2D eigenvalue weighted by Crippen LogP contribution is 2.31. The summed E-state index contributed by atoms with van der Waals surface area (Å²) in [6, 6.07) is 26.1. The molecule has 1 aromatic heterocycles.